The minimum Gasteiger partial charge on any atom is -0.372 e. The van der Waals surface area contributed by atoms with Crippen LogP contribution >= 0.6 is 11.3 Å². The van der Waals surface area contributed by atoms with Crippen LogP contribution in [0.2, 0.25) is 0 Å². The summed E-state index contributed by atoms with van der Waals surface area (Å²) in [5.74, 6) is -0.000295. The summed E-state index contributed by atoms with van der Waals surface area (Å²) < 4.78 is 5.12. The summed E-state index contributed by atoms with van der Waals surface area (Å²) in [6.07, 6.45) is 4.89. The van der Waals surface area contributed by atoms with Crippen LogP contribution in [-0.2, 0) is 14.9 Å². The molecule has 2 rings (SSSR count). The van der Waals surface area contributed by atoms with Gasteiger partial charge in [-0.05, 0) is 31.2 Å². The van der Waals surface area contributed by atoms with Crippen molar-refractivity contribution in [2.75, 3.05) is 19.8 Å². The molecule has 0 aromatic carbocycles. The predicted octanol–water partition coefficient (Wildman–Crippen LogP) is 2.71. The molecule has 4 heteroatoms. The van der Waals surface area contributed by atoms with Gasteiger partial charge in [-0.1, -0.05) is 18.9 Å². The van der Waals surface area contributed by atoms with E-state index >= 15 is 0 Å². The Balaban J connectivity index is 1.93. The minimum atomic E-state index is -0.000295. The van der Waals surface area contributed by atoms with Crippen molar-refractivity contribution in [2.45, 2.75) is 38.0 Å². The molecule has 1 aromatic rings. The number of hydrogen-bond donors (Lipinski definition) is 1. The molecular formula is C14H21NO2S. The molecule has 1 fully saturated rings. The van der Waals surface area contributed by atoms with Gasteiger partial charge < -0.3 is 10.1 Å². The van der Waals surface area contributed by atoms with Crippen molar-refractivity contribution < 1.29 is 9.53 Å². The number of hydrogen-bond acceptors (Lipinski definition) is 3. The lowest BCUT2D eigenvalue weighted by atomic mass is 9.84. The Kier molecular flexibility index (Phi) is 4.78. The summed E-state index contributed by atoms with van der Waals surface area (Å²) in [4.78, 5) is 13.1. The molecule has 0 bridgehead atoms. The van der Waals surface area contributed by atoms with Crippen molar-refractivity contribution in [3.8, 4) is 0 Å². The number of amides is 1. The van der Waals surface area contributed by atoms with Crippen LogP contribution < -0.4 is 5.32 Å². The monoisotopic (exact) mass is 267 g/mol. The summed E-state index contributed by atoms with van der Waals surface area (Å²) in [5, 5.41) is 5.15. The van der Waals surface area contributed by atoms with E-state index in [-0.39, 0.29) is 17.9 Å². The van der Waals surface area contributed by atoms with E-state index in [4.69, 9.17) is 4.74 Å². The summed E-state index contributed by atoms with van der Waals surface area (Å²) in [7, 11) is 0. The van der Waals surface area contributed by atoms with E-state index in [1.165, 1.54) is 30.6 Å². The fourth-order valence-corrected chi connectivity index (χ4v) is 3.64. The van der Waals surface area contributed by atoms with Gasteiger partial charge in [-0.2, -0.15) is 0 Å². The Morgan fingerprint density at radius 1 is 1.50 bits per heavy atom. The van der Waals surface area contributed by atoms with E-state index in [2.05, 4.69) is 22.8 Å². The predicted molar refractivity (Wildman–Crippen MR) is 74.0 cm³/mol. The van der Waals surface area contributed by atoms with Gasteiger partial charge in [-0.25, -0.2) is 0 Å². The average molecular weight is 267 g/mol. The van der Waals surface area contributed by atoms with Crippen molar-refractivity contribution in [3.05, 3.63) is 22.4 Å². The number of nitrogens with one attached hydrogen (secondary N) is 1. The zero-order chi connectivity index (χ0) is 12.8. The first-order valence-corrected chi connectivity index (χ1v) is 7.53. The highest BCUT2D eigenvalue weighted by Gasteiger charge is 2.36. The molecule has 0 spiro atoms. The Morgan fingerprint density at radius 2 is 2.28 bits per heavy atom. The van der Waals surface area contributed by atoms with Crippen LogP contribution in [0.25, 0.3) is 0 Å². The van der Waals surface area contributed by atoms with Gasteiger partial charge in [-0.15, -0.1) is 11.3 Å². The third-order valence-electron chi connectivity index (χ3n) is 3.67. The standard InChI is InChI=1S/C14H21NO2S/c1-2-17-10-13(16)15-11-14(7-3-4-8-14)12-6-5-9-18-12/h5-6,9H,2-4,7-8,10-11H2,1H3,(H,15,16). The topological polar surface area (TPSA) is 38.3 Å². The second-order valence-corrected chi connectivity index (χ2v) is 5.83. The van der Waals surface area contributed by atoms with E-state index in [0.717, 1.165) is 6.54 Å². The molecule has 0 saturated heterocycles. The summed E-state index contributed by atoms with van der Waals surface area (Å²) in [6, 6.07) is 4.30. The maximum atomic E-state index is 11.6. The highest BCUT2D eigenvalue weighted by Crippen LogP contribution is 2.42. The maximum Gasteiger partial charge on any atom is 0.246 e. The third-order valence-corrected chi connectivity index (χ3v) is 4.78. The van der Waals surface area contributed by atoms with Crippen LogP contribution in [0.3, 0.4) is 0 Å². The van der Waals surface area contributed by atoms with Crippen molar-refractivity contribution in [1.82, 2.24) is 5.32 Å². The summed E-state index contributed by atoms with van der Waals surface area (Å²) >= 11 is 1.81. The zero-order valence-corrected chi connectivity index (χ0v) is 11.7. The molecule has 3 nitrogen and oxygen atoms in total. The van der Waals surface area contributed by atoms with Crippen molar-refractivity contribution >= 4 is 17.2 Å². The lowest BCUT2D eigenvalue weighted by Gasteiger charge is -2.28. The summed E-state index contributed by atoms with van der Waals surface area (Å²) in [5.41, 5.74) is 0.177. The number of thiophene rings is 1. The molecule has 1 aliphatic carbocycles. The second-order valence-electron chi connectivity index (χ2n) is 4.88. The van der Waals surface area contributed by atoms with Gasteiger partial charge in [0.25, 0.3) is 0 Å². The van der Waals surface area contributed by atoms with E-state index in [0.29, 0.717) is 6.61 Å². The molecule has 1 aromatic heterocycles. The van der Waals surface area contributed by atoms with Gasteiger partial charge in [0.1, 0.15) is 6.61 Å². The Hall–Kier alpha value is -0.870. The van der Waals surface area contributed by atoms with Crippen molar-refractivity contribution in [2.24, 2.45) is 0 Å². The van der Waals surface area contributed by atoms with E-state index in [9.17, 15) is 4.79 Å². The first kappa shape index (κ1) is 13.6. The lowest BCUT2D eigenvalue weighted by Crippen LogP contribution is -2.40. The molecule has 100 valence electrons. The number of carbonyl (C=O) groups is 1. The third kappa shape index (κ3) is 3.12. The van der Waals surface area contributed by atoms with Gasteiger partial charge in [0.15, 0.2) is 0 Å². The quantitative estimate of drug-likeness (QED) is 0.860. The molecule has 0 atom stereocenters. The van der Waals surface area contributed by atoms with Gasteiger partial charge in [0, 0.05) is 23.4 Å². The first-order valence-electron chi connectivity index (χ1n) is 6.65. The maximum absolute atomic E-state index is 11.6. The lowest BCUT2D eigenvalue weighted by molar-refractivity contribution is -0.125. The van der Waals surface area contributed by atoms with Gasteiger partial charge in [0.2, 0.25) is 5.91 Å². The average Bonchev–Trinajstić information content (AvgIpc) is 3.04. The largest absolute Gasteiger partial charge is 0.372 e. The SMILES string of the molecule is CCOCC(=O)NCC1(c2cccs2)CCCC1. The molecule has 1 heterocycles. The molecule has 1 aliphatic rings. The molecule has 0 radical (unpaired) electrons. The van der Waals surface area contributed by atoms with E-state index in [1.807, 2.05) is 6.92 Å². The Morgan fingerprint density at radius 3 is 2.89 bits per heavy atom. The number of rotatable bonds is 6. The fourth-order valence-electron chi connectivity index (χ4n) is 2.66. The van der Waals surface area contributed by atoms with Crippen LogP contribution in [0.5, 0.6) is 0 Å². The second kappa shape index (κ2) is 6.34. The summed E-state index contributed by atoms with van der Waals surface area (Å²) in [6.45, 7) is 3.41. The van der Waals surface area contributed by atoms with Gasteiger partial charge >= 0.3 is 0 Å². The molecule has 1 amide bonds. The highest BCUT2D eigenvalue weighted by molar-refractivity contribution is 7.10. The number of carbonyl (C=O) groups excluding carboxylic acids is 1. The fraction of sp³-hybridized carbons (Fsp3) is 0.643. The molecule has 0 aliphatic heterocycles. The molecule has 1 N–H and O–H groups in total. The molecule has 0 unspecified atom stereocenters. The Bertz CT molecular complexity index is 369. The van der Waals surface area contributed by atoms with Crippen molar-refractivity contribution in [1.29, 1.82) is 0 Å². The van der Waals surface area contributed by atoms with Crippen LogP contribution in [0.4, 0.5) is 0 Å². The molecule has 1 saturated carbocycles. The van der Waals surface area contributed by atoms with Gasteiger partial charge in [-0.3, -0.25) is 4.79 Å². The van der Waals surface area contributed by atoms with E-state index < -0.39 is 0 Å². The highest BCUT2D eigenvalue weighted by atomic mass is 32.1. The van der Waals surface area contributed by atoms with Crippen LogP contribution in [-0.4, -0.2) is 25.7 Å². The zero-order valence-electron chi connectivity index (χ0n) is 10.9. The van der Waals surface area contributed by atoms with Gasteiger partial charge in [0.05, 0.1) is 0 Å². The first-order chi connectivity index (χ1) is 8.77. The van der Waals surface area contributed by atoms with Crippen LogP contribution in [0.15, 0.2) is 17.5 Å². The van der Waals surface area contributed by atoms with E-state index in [1.54, 1.807) is 11.3 Å². The smallest absolute Gasteiger partial charge is 0.246 e. The molecular weight excluding hydrogens is 246 g/mol. The van der Waals surface area contributed by atoms with Crippen LogP contribution in [0.1, 0.15) is 37.5 Å². The van der Waals surface area contributed by atoms with Crippen molar-refractivity contribution in [3.63, 3.8) is 0 Å². The van der Waals surface area contributed by atoms with Crippen LogP contribution in [0, 0.1) is 0 Å². The normalized spacial score (nSPS) is 17.8. The minimum absolute atomic E-state index is 0.000295. The Labute approximate surface area is 113 Å². The molecule has 18 heavy (non-hydrogen) atoms. The number of ether oxygens (including phenoxy) is 1.